The van der Waals surface area contributed by atoms with E-state index in [1.807, 2.05) is 36.6 Å². The molecule has 2 heterocycles. The fraction of sp³-hybridized carbons (Fsp3) is 0.0952. The van der Waals surface area contributed by atoms with Crippen molar-refractivity contribution < 1.29 is 8.78 Å². The standard InChI is InChI=1S/C21H15F2N3OS/c1-13-24-20(12-28-13)15-4-2-3-14(7-15)11-26-21(27)6-5-19(25-26)16-8-17(22)10-18(23)9-16/h2-10,12H,11H2,1H3. The van der Waals surface area contributed by atoms with Crippen LogP contribution in [0.2, 0.25) is 0 Å². The first kappa shape index (κ1) is 18.2. The van der Waals surface area contributed by atoms with Crippen molar-refractivity contribution in [1.29, 1.82) is 0 Å². The summed E-state index contributed by atoms with van der Waals surface area (Å²) < 4.78 is 28.3. The van der Waals surface area contributed by atoms with Crippen molar-refractivity contribution in [3.05, 3.63) is 92.5 Å². The number of rotatable bonds is 4. The first-order valence-electron chi connectivity index (χ1n) is 8.54. The van der Waals surface area contributed by atoms with Crippen LogP contribution in [0.1, 0.15) is 10.6 Å². The highest BCUT2D eigenvalue weighted by atomic mass is 32.1. The molecule has 0 radical (unpaired) electrons. The number of aromatic nitrogens is 3. The summed E-state index contributed by atoms with van der Waals surface area (Å²) in [4.78, 5) is 16.7. The maximum atomic E-state index is 13.5. The topological polar surface area (TPSA) is 47.8 Å². The average Bonchev–Trinajstić information content (AvgIpc) is 3.09. The molecule has 0 saturated carbocycles. The average molecular weight is 395 g/mol. The molecule has 140 valence electrons. The highest BCUT2D eigenvalue weighted by Gasteiger charge is 2.09. The summed E-state index contributed by atoms with van der Waals surface area (Å²) in [5.74, 6) is -1.39. The maximum Gasteiger partial charge on any atom is 0.267 e. The van der Waals surface area contributed by atoms with Crippen LogP contribution in [0, 0.1) is 18.6 Å². The molecule has 0 saturated heterocycles. The third-order valence-corrected chi connectivity index (χ3v) is 4.97. The lowest BCUT2D eigenvalue weighted by Crippen LogP contribution is -2.22. The molecule has 7 heteroatoms. The largest absolute Gasteiger partial charge is 0.268 e. The van der Waals surface area contributed by atoms with E-state index in [1.54, 1.807) is 11.3 Å². The minimum atomic E-state index is -0.694. The fourth-order valence-electron chi connectivity index (χ4n) is 2.92. The highest BCUT2D eigenvalue weighted by Crippen LogP contribution is 2.23. The quantitative estimate of drug-likeness (QED) is 0.505. The molecule has 0 aliphatic rings. The van der Waals surface area contributed by atoms with Crippen LogP contribution in [0.5, 0.6) is 0 Å². The normalized spacial score (nSPS) is 11.0. The summed E-state index contributed by atoms with van der Waals surface area (Å²) in [6.07, 6.45) is 0. The third-order valence-electron chi connectivity index (χ3n) is 4.20. The Morgan fingerprint density at radius 1 is 0.964 bits per heavy atom. The van der Waals surface area contributed by atoms with Gasteiger partial charge in [-0.1, -0.05) is 18.2 Å². The summed E-state index contributed by atoms with van der Waals surface area (Å²) in [7, 11) is 0. The van der Waals surface area contributed by atoms with Crippen molar-refractivity contribution >= 4 is 11.3 Å². The van der Waals surface area contributed by atoms with Gasteiger partial charge in [0.25, 0.3) is 5.56 Å². The molecular weight excluding hydrogens is 380 g/mol. The van der Waals surface area contributed by atoms with Gasteiger partial charge in [-0.3, -0.25) is 4.79 Å². The predicted octanol–water partition coefficient (Wildman–Crippen LogP) is 4.67. The highest BCUT2D eigenvalue weighted by molar-refractivity contribution is 7.09. The van der Waals surface area contributed by atoms with E-state index < -0.39 is 11.6 Å². The molecule has 0 spiro atoms. The van der Waals surface area contributed by atoms with E-state index in [9.17, 15) is 13.6 Å². The Kier molecular flexibility index (Phi) is 4.83. The monoisotopic (exact) mass is 395 g/mol. The predicted molar refractivity (Wildman–Crippen MR) is 105 cm³/mol. The van der Waals surface area contributed by atoms with Gasteiger partial charge in [0.15, 0.2) is 0 Å². The van der Waals surface area contributed by atoms with Crippen LogP contribution in [0.25, 0.3) is 22.5 Å². The number of hydrogen-bond acceptors (Lipinski definition) is 4. The molecule has 0 N–H and O–H groups in total. The van der Waals surface area contributed by atoms with E-state index >= 15 is 0 Å². The summed E-state index contributed by atoms with van der Waals surface area (Å²) in [5, 5.41) is 7.25. The molecule has 4 rings (SSSR count). The number of thiazole rings is 1. The zero-order valence-electron chi connectivity index (χ0n) is 14.9. The van der Waals surface area contributed by atoms with Crippen molar-refractivity contribution in [2.75, 3.05) is 0 Å². The van der Waals surface area contributed by atoms with Crippen molar-refractivity contribution in [2.45, 2.75) is 13.5 Å². The molecule has 4 nitrogen and oxygen atoms in total. The first-order chi connectivity index (χ1) is 13.5. The second-order valence-corrected chi connectivity index (χ2v) is 7.39. The number of benzene rings is 2. The molecule has 0 bridgehead atoms. The molecule has 0 aliphatic carbocycles. The van der Waals surface area contributed by atoms with Gasteiger partial charge in [-0.2, -0.15) is 5.10 Å². The molecule has 0 amide bonds. The summed E-state index contributed by atoms with van der Waals surface area (Å²) in [6.45, 7) is 2.18. The summed E-state index contributed by atoms with van der Waals surface area (Å²) in [6, 6.07) is 13.7. The second-order valence-electron chi connectivity index (χ2n) is 6.32. The Balaban J connectivity index is 1.68. The van der Waals surface area contributed by atoms with Gasteiger partial charge in [-0.15, -0.1) is 11.3 Å². The zero-order valence-corrected chi connectivity index (χ0v) is 15.7. The van der Waals surface area contributed by atoms with Gasteiger partial charge in [-0.25, -0.2) is 18.4 Å². The molecule has 0 fully saturated rings. The van der Waals surface area contributed by atoms with Gasteiger partial charge >= 0.3 is 0 Å². The SMILES string of the molecule is Cc1nc(-c2cccc(Cn3nc(-c4cc(F)cc(F)c4)ccc3=O)c2)cs1. The zero-order chi connectivity index (χ0) is 19.7. The lowest BCUT2D eigenvalue weighted by atomic mass is 10.1. The summed E-state index contributed by atoms with van der Waals surface area (Å²) >= 11 is 1.57. The van der Waals surface area contributed by atoms with Crippen LogP contribution in [0.15, 0.2) is 64.8 Å². The van der Waals surface area contributed by atoms with Gasteiger partial charge in [0.1, 0.15) is 11.6 Å². The van der Waals surface area contributed by atoms with E-state index in [0.717, 1.165) is 27.9 Å². The van der Waals surface area contributed by atoms with Gasteiger partial charge in [0.2, 0.25) is 0 Å². The molecule has 2 aromatic carbocycles. The molecule has 0 unspecified atom stereocenters. The lowest BCUT2D eigenvalue weighted by Gasteiger charge is -2.09. The van der Waals surface area contributed by atoms with E-state index in [1.165, 1.54) is 28.9 Å². The molecule has 28 heavy (non-hydrogen) atoms. The summed E-state index contributed by atoms with van der Waals surface area (Å²) in [5.41, 5.74) is 3.02. The van der Waals surface area contributed by atoms with E-state index in [-0.39, 0.29) is 17.7 Å². The Bertz CT molecular complexity index is 1200. The van der Waals surface area contributed by atoms with Crippen LogP contribution < -0.4 is 5.56 Å². The van der Waals surface area contributed by atoms with Gasteiger partial charge < -0.3 is 0 Å². The first-order valence-corrected chi connectivity index (χ1v) is 9.42. The third kappa shape index (κ3) is 3.89. The number of hydrogen-bond donors (Lipinski definition) is 0. The Morgan fingerprint density at radius 2 is 1.75 bits per heavy atom. The Labute approximate surface area is 163 Å². The van der Waals surface area contributed by atoms with Crippen molar-refractivity contribution in [2.24, 2.45) is 0 Å². The minimum absolute atomic E-state index is 0.238. The number of aryl methyl sites for hydroxylation is 1. The Morgan fingerprint density at radius 3 is 2.46 bits per heavy atom. The van der Waals surface area contributed by atoms with Crippen molar-refractivity contribution in [3.63, 3.8) is 0 Å². The van der Waals surface area contributed by atoms with Crippen LogP contribution in [0.4, 0.5) is 8.78 Å². The van der Waals surface area contributed by atoms with Crippen molar-refractivity contribution in [1.82, 2.24) is 14.8 Å². The van der Waals surface area contributed by atoms with E-state index in [2.05, 4.69) is 10.1 Å². The van der Waals surface area contributed by atoms with Crippen LogP contribution in [-0.2, 0) is 6.54 Å². The van der Waals surface area contributed by atoms with Crippen molar-refractivity contribution in [3.8, 4) is 22.5 Å². The minimum Gasteiger partial charge on any atom is -0.268 e. The van der Waals surface area contributed by atoms with E-state index in [0.29, 0.717) is 5.69 Å². The van der Waals surface area contributed by atoms with Crippen LogP contribution >= 0.6 is 11.3 Å². The molecule has 0 atom stereocenters. The Hall–Kier alpha value is -3.19. The second kappa shape index (κ2) is 7.44. The van der Waals surface area contributed by atoms with Crippen LogP contribution in [-0.4, -0.2) is 14.8 Å². The van der Waals surface area contributed by atoms with Gasteiger partial charge in [0, 0.05) is 28.6 Å². The number of halogens is 2. The number of nitrogens with zero attached hydrogens (tertiary/aromatic N) is 3. The maximum absolute atomic E-state index is 13.5. The molecule has 4 aromatic rings. The molecule has 0 aliphatic heterocycles. The van der Waals surface area contributed by atoms with Gasteiger partial charge in [-0.05, 0) is 36.8 Å². The van der Waals surface area contributed by atoms with Crippen LogP contribution in [0.3, 0.4) is 0 Å². The molecule has 2 aromatic heterocycles. The van der Waals surface area contributed by atoms with Gasteiger partial charge in [0.05, 0.1) is 22.9 Å². The molecular formula is C21H15F2N3OS. The lowest BCUT2D eigenvalue weighted by molar-refractivity contribution is 0.583. The smallest absolute Gasteiger partial charge is 0.267 e. The van der Waals surface area contributed by atoms with E-state index in [4.69, 9.17) is 0 Å². The fourth-order valence-corrected chi connectivity index (χ4v) is 3.54.